The summed E-state index contributed by atoms with van der Waals surface area (Å²) in [6.07, 6.45) is 11.6. The van der Waals surface area contributed by atoms with Crippen LogP contribution in [0.25, 0.3) is 10.8 Å². The SMILES string of the molecule is CCCCCCCCCCCCN1C(=O)c2ccc3c4c(ccc(c24)C1=O)C(=O)N(CCCC(=O)O)C3=O. The van der Waals surface area contributed by atoms with Crippen LogP contribution in [-0.4, -0.2) is 57.6 Å². The molecule has 0 unspecified atom stereocenters. The molecular weight excluding hydrogens is 484 g/mol. The minimum Gasteiger partial charge on any atom is -0.481 e. The van der Waals surface area contributed by atoms with Gasteiger partial charge < -0.3 is 5.11 Å². The van der Waals surface area contributed by atoms with Gasteiger partial charge in [-0.2, -0.15) is 0 Å². The third kappa shape index (κ3) is 5.49. The van der Waals surface area contributed by atoms with Crippen molar-refractivity contribution in [1.82, 2.24) is 9.80 Å². The molecule has 4 amide bonds. The second-order valence-electron chi connectivity index (χ2n) is 10.3. The predicted molar refractivity (Wildman–Crippen MR) is 143 cm³/mol. The van der Waals surface area contributed by atoms with Crippen LogP contribution in [0.3, 0.4) is 0 Å². The molecule has 2 aliphatic rings. The van der Waals surface area contributed by atoms with Gasteiger partial charge in [-0.3, -0.25) is 33.8 Å². The van der Waals surface area contributed by atoms with Crippen LogP contribution in [0.1, 0.15) is 125 Å². The standard InChI is InChI=1S/C30H36N2O6/c1-2-3-4-5-6-7-8-9-10-11-18-31-27(35)20-14-16-22-26-23(17-15-21(25(20)26)28(31)36)30(38)32(29(22)37)19-12-13-24(33)34/h14-17H,2-13,18-19H2,1H3,(H,33,34). The number of carbonyl (C=O) groups excluding carboxylic acids is 4. The van der Waals surface area contributed by atoms with Crippen molar-refractivity contribution in [3.63, 3.8) is 0 Å². The average molecular weight is 521 g/mol. The smallest absolute Gasteiger partial charge is 0.303 e. The van der Waals surface area contributed by atoms with Crippen molar-refractivity contribution >= 4 is 40.4 Å². The molecule has 0 radical (unpaired) electrons. The van der Waals surface area contributed by atoms with Crippen molar-refractivity contribution in [1.29, 1.82) is 0 Å². The molecule has 8 heteroatoms. The van der Waals surface area contributed by atoms with Crippen molar-refractivity contribution in [2.24, 2.45) is 0 Å². The van der Waals surface area contributed by atoms with Crippen LogP contribution in [0.5, 0.6) is 0 Å². The number of amides is 4. The summed E-state index contributed by atoms with van der Waals surface area (Å²) < 4.78 is 0. The summed E-state index contributed by atoms with van der Waals surface area (Å²) in [5.74, 6) is -2.87. The summed E-state index contributed by atoms with van der Waals surface area (Å²) in [5.41, 5.74) is 1.15. The quantitative estimate of drug-likeness (QED) is 0.234. The molecule has 0 spiro atoms. The van der Waals surface area contributed by atoms with Crippen LogP contribution < -0.4 is 0 Å². The Morgan fingerprint density at radius 3 is 1.29 bits per heavy atom. The normalized spacial score (nSPS) is 14.7. The summed E-state index contributed by atoms with van der Waals surface area (Å²) in [7, 11) is 0. The number of hydrogen-bond donors (Lipinski definition) is 1. The number of carboxylic acid groups (broad SMARTS) is 1. The van der Waals surface area contributed by atoms with Crippen molar-refractivity contribution in [2.45, 2.75) is 84.0 Å². The van der Waals surface area contributed by atoms with Crippen LogP contribution in [0.4, 0.5) is 0 Å². The van der Waals surface area contributed by atoms with Gasteiger partial charge in [0, 0.05) is 52.5 Å². The van der Waals surface area contributed by atoms with E-state index in [4.69, 9.17) is 5.11 Å². The molecule has 0 atom stereocenters. The van der Waals surface area contributed by atoms with Gasteiger partial charge in [-0.05, 0) is 37.1 Å². The highest BCUT2D eigenvalue weighted by Crippen LogP contribution is 2.38. The van der Waals surface area contributed by atoms with E-state index in [1.54, 1.807) is 12.1 Å². The molecule has 0 bridgehead atoms. The van der Waals surface area contributed by atoms with Crippen LogP contribution in [0.2, 0.25) is 0 Å². The number of hydrogen-bond acceptors (Lipinski definition) is 5. The lowest BCUT2D eigenvalue weighted by atomic mass is 9.86. The lowest BCUT2D eigenvalue weighted by Crippen LogP contribution is -2.43. The second kappa shape index (κ2) is 12.3. The third-order valence-electron chi connectivity index (χ3n) is 7.57. The Morgan fingerprint density at radius 1 is 0.579 bits per heavy atom. The summed E-state index contributed by atoms with van der Waals surface area (Å²) in [6, 6.07) is 6.20. The molecule has 0 aromatic heterocycles. The molecular formula is C30H36N2O6. The number of carbonyl (C=O) groups is 5. The van der Waals surface area contributed by atoms with Gasteiger partial charge in [0.05, 0.1) is 0 Å². The molecule has 0 fully saturated rings. The summed E-state index contributed by atoms with van der Waals surface area (Å²) in [6.45, 7) is 2.54. The molecule has 2 aromatic rings. The van der Waals surface area contributed by atoms with Gasteiger partial charge in [0.1, 0.15) is 0 Å². The fourth-order valence-corrected chi connectivity index (χ4v) is 5.53. The number of aliphatic carboxylic acids is 1. The summed E-state index contributed by atoms with van der Waals surface area (Å²) in [4.78, 5) is 66.2. The van der Waals surface area contributed by atoms with Gasteiger partial charge in [-0.15, -0.1) is 0 Å². The minimum atomic E-state index is -1.000. The molecule has 202 valence electrons. The van der Waals surface area contributed by atoms with Crippen molar-refractivity contribution < 1.29 is 29.1 Å². The van der Waals surface area contributed by atoms with Crippen molar-refractivity contribution in [3.8, 4) is 0 Å². The Labute approximate surface area is 223 Å². The largest absolute Gasteiger partial charge is 0.481 e. The Morgan fingerprint density at radius 2 is 0.921 bits per heavy atom. The monoisotopic (exact) mass is 520 g/mol. The summed E-state index contributed by atoms with van der Waals surface area (Å²) >= 11 is 0. The van der Waals surface area contributed by atoms with Crippen molar-refractivity contribution in [3.05, 3.63) is 46.5 Å². The van der Waals surface area contributed by atoms with Gasteiger partial charge in [-0.25, -0.2) is 0 Å². The third-order valence-corrected chi connectivity index (χ3v) is 7.57. The van der Waals surface area contributed by atoms with Crippen LogP contribution >= 0.6 is 0 Å². The topological polar surface area (TPSA) is 112 Å². The Kier molecular flexibility index (Phi) is 8.92. The van der Waals surface area contributed by atoms with Gasteiger partial charge in [0.2, 0.25) is 0 Å². The zero-order chi connectivity index (χ0) is 27.2. The molecule has 0 aliphatic carbocycles. The first kappa shape index (κ1) is 27.5. The number of rotatable bonds is 15. The predicted octanol–water partition coefficient (Wildman–Crippen LogP) is 5.82. The first-order chi connectivity index (χ1) is 18.4. The lowest BCUT2D eigenvalue weighted by Gasteiger charge is -2.32. The van der Waals surface area contributed by atoms with Crippen LogP contribution in [0, 0.1) is 0 Å². The van der Waals surface area contributed by atoms with Gasteiger partial charge in [0.25, 0.3) is 23.6 Å². The number of unbranched alkanes of at least 4 members (excludes halogenated alkanes) is 9. The van der Waals surface area contributed by atoms with E-state index in [1.165, 1.54) is 55.6 Å². The Balaban J connectivity index is 1.44. The number of nitrogens with zero attached hydrogens (tertiary/aromatic N) is 2. The highest BCUT2D eigenvalue weighted by Gasteiger charge is 2.39. The Bertz CT molecular complexity index is 1200. The highest BCUT2D eigenvalue weighted by molar-refractivity contribution is 6.33. The minimum absolute atomic E-state index is 0.0150. The van der Waals surface area contributed by atoms with Gasteiger partial charge >= 0.3 is 5.97 Å². The molecule has 0 saturated carbocycles. The maximum atomic E-state index is 13.3. The van der Waals surface area contributed by atoms with E-state index in [0.717, 1.165) is 30.6 Å². The first-order valence-corrected chi connectivity index (χ1v) is 13.9. The van der Waals surface area contributed by atoms with E-state index >= 15 is 0 Å². The van der Waals surface area contributed by atoms with E-state index in [1.807, 2.05) is 0 Å². The molecule has 38 heavy (non-hydrogen) atoms. The van der Waals surface area contributed by atoms with Crippen LogP contribution in [-0.2, 0) is 4.79 Å². The maximum Gasteiger partial charge on any atom is 0.303 e. The Hall–Kier alpha value is -3.55. The van der Waals surface area contributed by atoms with E-state index in [2.05, 4.69) is 6.92 Å². The molecule has 4 rings (SSSR count). The number of imide groups is 2. The fraction of sp³-hybridized carbons (Fsp3) is 0.500. The number of benzene rings is 2. The van der Waals surface area contributed by atoms with Crippen molar-refractivity contribution in [2.75, 3.05) is 13.1 Å². The lowest BCUT2D eigenvalue weighted by molar-refractivity contribution is -0.137. The van der Waals surface area contributed by atoms with Gasteiger partial charge in [0.15, 0.2) is 0 Å². The number of carboxylic acids is 1. The molecule has 2 aliphatic heterocycles. The molecule has 0 saturated heterocycles. The fourth-order valence-electron chi connectivity index (χ4n) is 5.53. The van der Waals surface area contributed by atoms with E-state index < -0.39 is 29.6 Å². The van der Waals surface area contributed by atoms with E-state index in [0.29, 0.717) is 28.4 Å². The zero-order valence-electron chi connectivity index (χ0n) is 22.1. The zero-order valence-corrected chi connectivity index (χ0v) is 22.1. The van der Waals surface area contributed by atoms with E-state index in [-0.39, 0.29) is 30.5 Å². The van der Waals surface area contributed by atoms with E-state index in [9.17, 15) is 24.0 Å². The molecule has 2 aromatic carbocycles. The second-order valence-corrected chi connectivity index (χ2v) is 10.3. The molecule has 8 nitrogen and oxygen atoms in total. The highest BCUT2D eigenvalue weighted by atomic mass is 16.4. The summed E-state index contributed by atoms with van der Waals surface area (Å²) in [5, 5.41) is 9.60. The van der Waals surface area contributed by atoms with Gasteiger partial charge in [-0.1, -0.05) is 64.7 Å². The van der Waals surface area contributed by atoms with Crippen LogP contribution in [0.15, 0.2) is 24.3 Å². The maximum absolute atomic E-state index is 13.3. The first-order valence-electron chi connectivity index (χ1n) is 13.9. The molecule has 1 N–H and O–H groups in total. The molecule has 2 heterocycles. The average Bonchev–Trinajstić information content (AvgIpc) is 2.90.